The van der Waals surface area contributed by atoms with Crippen LogP contribution in [0, 0.1) is 5.92 Å². The number of hydrogen-bond donors (Lipinski definition) is 1. The average Bonchev–Trinajstić information content (AvgIpc) is 2.74. The van der Waals surface area contributed by atoms with Gasteiger partial charge in [-0.1, -0.05) is 13.8 Å². The van der Waals surface area contributed by atoms with Gasteiger partial charge < -0.3 is 14.9 Å². The molecule has 1 unspecified atom stereocenters. The Bertz CT molecular complexity index is 317. The molecule has 1 saturated heterocycles. The predicted octanol–water partition coefficient (Wildman–Crippen LogP) is 2.02. The smallest absolute Gasteiger partial charge is 0.326 e. The van der Waals surface area contributed by atoms with Crippen molar-refractivity contribution >= 4 is 12.0 Å². The first-order valence-electron chi connectivity index (χ1n) is 6.60. The number of carbonyl (C=O) groups is 2. The van der Waals surface area contributed by atoms with Crippen LogP contribution in [0.1, 0.15) is 40.0 Å². The van der Waals surface area contributed by atoms with Crippen LogP contribution in [0.2, 0.25) is 0 Å². The molecule has 0 bridgehead atoms. The van der Waals surface area contributed by atoms with Crippen molar-refractivity contribution in [2.75, 3.05) is 13.6 Å². The maximum atomic E-state index is 12.3. The molecule has 0 aliphatic carbocycles. The molecule has 2 atom stereocenters. The first kappa shape index (κ1) is 14.8. The summed E-state index contributed by atoms with van der Waals surface area (Å²) >= 11 is 0. The van der Waals surface area contributed by atoms with Crippen LogP contribution in [-0.2, 0) is 4.79 Å². The highest BCUT2D eigenvalue weighted by atomic mass is 16.4. The van der Waals surface area contributed by atoms with E-state index in [0.717, 1.165) is 12.8 Å². The molecule has 1 N–H and O–H groups in total. The zero-order chi connectivity index (χ0) is 13.9. The van der Waals surface area contributed by atoms with Gasteiger partial charge in [0.1, 0.15) is 6.04 Å². The number of amides is 2. The monoisotopic (exact) mass is 256 g/mol. The second kappa shape index (κ2) is 6.07. The normalized spacial score (nSPS) is 21.2. The van der Waals surface area contributed by atoms with E-state index in [1.807, 2.05) is 6.92 Å². The van der Waals surface area contributed by atoms with Crippen LogP contribution in [0.3, 0.4) is 0 Å². The Hall–Kier alpha value is -1.26. The molecule has 0 radical (unpaired) electrons. The van der Waals surface area contributed by atoms with E-state index in [1.54, 1.807) is 11.9 Å². The zero-order valence-electron chi connectivity index (χ0n) is 11.7. The highest BCUT2D eigenvalue weighted by Crippen LogP contribution is 2.20. The van der Waals surface area contributed by atoms with Gasteiger partial charge in [0.25, 0.3) is 0 Å². The topological polar surface area (TPSA) is 60.9 Å². The molecule has 1 rings (SSSR count). The molecule has 18 heavy (non-hydrogen) atoms. The molecule has 0 aromatic carbocycles. The lowest BCUT2D eigenvalue weighted by Crippen LogP contribution is -2.49. The summed E-state index contributed by atoms with van der Waals surface area (Å²) in [6.45, 7) is 6.79. The molecular weight excluding hydrogens is 232 g/mol. The summed E-state index contributed by atoms with van der Waals surface area (Å²) in [5.74, 6) is -0.380. The van der Waals surface area contributed by atoms with E-state index in [1.165, 1.54) is 4.90 Å². The molecule has 1 heterocycles. The number of nitrogens with zero attached hydrogens (tertiary/aromatic N) is 2. The maximum absolute atomic E-state index is 12.3. The largest absolute Gasteiger partial charge is 0.480 e. The fourth-order valence-electron chi connectivity index (χ4n) is 2.48. The van der Waals surface area contributed by atoms with Gasteiger partial charge in [0.15, 0.2) is 0 Å². The third-order valence-electron chi connectivity index (χ3n) is 3.56. The van der Waals surface area contributed by atoms with Crippen LogP contribution in [-0.4, -0.2) is 52.6 Å². The number of carbonyl (C=O) groups excluding carboxylic acids is 1. The van der Waals surface area contributed by atoms with Gasteiger partial charge in [-0.3, -0.25) is 0 Å². The fraction of sp³-hybridized carbons (Fsp3) is 0.846. The molecule has 0 spiro atoms. The molecule has 0 saturated carbocycles. The first-order chi connectivity index (χ1) is 8.34. The van der Waals surface area contributed by atoms with E-state index in [9.17, 15) is 9.59 Å². The number of urea groups is 1. The van der Waals surface area contributed by atoms with Gasteiger partial charge in [-0.25, -0.2) is 9.59 Å². The summed E-state index contributed by atoms with van der Waals surface area (Å²) in [6, 6.07) is -0.674. The molecule has 104 valence electrons. The van der Waals surface area contributed by atoms with E-state index in [-0.39, 0.29) is 12.1 Å². The van der Waals surface area contributed by atoms with Gasteiger partial charge in [0, 0.05) is 19.6 Å². The maximum Gasteiger partial charge on any atom is 0.326 e. The van der Waals surface area contributed by atoms with E-state index in [0.29, 0.717) is 18.9 Å². The van der Waals surface area contributed by atoms with E-state index in [4.69, 9.17) is 5.11 Å². The fourth-order valence-corrected chi connectivity index (χ4v) is 2.48. The highest BCUT2D eigenvalue weighted by Gasteiger charge is 2.36. The lowest BCUT2D eigenvalue weighted by Gasteiger charge is -2.32. The van der Waals surface area contributed by atoms with Crippen LogP contribution >= 0.6 is 0 Å². The minimum absolute atomic E-state index is 0.132. The minimum atomic E-state index is -0.897. The summed E-state index contributed by atoms with van der Waals surface area (Å²) < 4.78 is 0. The molecule has 5 heteroatoms. The summed E-state index contributed by atoms with van der Waals surface area (Å²) in [4.78, 5) is 26.5. The van der Waals surface area contributed by atoms with Crippen molar-refractivity contribution in [1.29, 1.82) is 0 Å². The Kier molecular flexibility index (Phi) is 4.99. The van der Waals surface area contributed by atoms with Crippen LogP contribution in [0.5, 0.6) is 0 Å². The molecule has 1 aliphatic rings. The molecular formula is C13H24N2O3. The van der Waals surface area contributed by atoms with Crippen LogP contribution in [0.15, 0.2) is 0 Å². The summed E-state index contributed by atoms with van der Waals surface area (Å²) in [7, 11) is 1.76. The quantitative estimate of drug-likeness (QED) is 0.837. The Morgan fingerprint density at radius 1 is 1.39 bits per heavy atom. The molecule has 1 fully saturated rings. The van der Waals surface area contributed by atoms with Crippen LogP contribution < -0.4 is 0 Å². The Labute approximate surface area is 109 Å². The number of carboxylic acid groups (broad SMARTS) is 1. The number of likely N-dealkylation sites (tertiary alicyclic amines) is 1. The number of aliphatic carboxylic acids is 1. The molecule has 5 nitrogen and oxygen atoms in total. The van der Waals surface area contributed by atoms with Gasteiger partial charge in [0.2, 0.25) is 0 Å². The van der Waals surface area contributed by atoms with Crippen molar-refractivity contribution in [3.63, 3.8) is 0 Å². The van der Waals surface area contributed by atoms with E-state index >= 15 is 0 Å². The Morgan fingerprint density at radius 3 is 2.50 bits per heavy atom. The summed E-state index contributed by atoms with van der Waals surface area (Å²) in [6.07, 6.45) is 2.26. The van der Waals surface area contributed by atoms with Crippen molar-refractivity contribution in [2.24, 2.45) is 5.92 Å². The minimum Gasteiger partial charge on any atom is -0.480 e. The molecule has 1 aliphatic heterocycles. The third-order valence-corrected chi connectivity index (χ3v) is 3.56. The second-order valence-corrected chi connectivity index (χ2v) is 5.56. The third kappa shape index (κ3) is 3.37. The summed E-state index contributed by atoms with van der Waals surface area (Å²) in [5, 5.41) is 9.09. The SMILES string of the molecule is CC(C)CC(C)N(C)C(=O)N1CCC[C@H]1C(=O)O. The lowest BCUT2D eigenvalue weighted by atomic mass is 10.0. The van der Waals surface area contributed by atoms with Gasteiger partial charge >= 0.3 is 12.0 Å². The number of rotatable bonds is 4. The Balaban J connectivity index is 2.65. The first-order valence-corrected chi connectivity index (χ1v) is 6.60. The van der Waals surface area contributed by atoms with Crippen molar-refractivity contribution < 1.29 is 14.7 Å². The van der Waals surface area contributed by atoms with Gasteiger partial charge in [-0.2, -0.15) is 0 Å². The lowest BCUT2D eigenvalue weighted by molar-refractivity contribution is -0.141. The Morgan fingerprint density at radius 2 is 2.00 bits per heavy atom. The predicted molar refractivity (Wildman–Crippen MR) is 69.4 cm³/mol. The van der Waals surface area contributed by atoms with Crippen molar-refractivity contribution in [3.05, 3.63) is 0 Å². The standard InChI is InChI=1S/C13H24N2O3/c1-9(2)8-10(3)14(4)13(18)15-7-5-6-11(15)12(16)17/h9-11H,5-8H2,1-4H3,(H,16,17)/t10?,11-/m0/s1. The number of carboxylic acids is 1. The molecule has 2 amide bonds. The number of hydrogen-bond acceptors (Lipinski definition) is 2. The van der Waals surface area contributed by atoms with Gasteiger partial charge in [0.05, 0.1) is 0 Å². The molecule has 0 aromatic heterocycles. The highest BCUT2D eigenvalue weighted by molar-refractivity contribution is 5.83. The average molecular weight is 256 g/mol. The van der Waals surface area contributed by atoms with Crippen LogP contribution in [0.4, 0.5) is 4.79 Å². The van der Waals surface area contributed by atoms with Gasteiger partial charge in [-0.05, 0) is 32.1 Å². The second-order valence-electron chi connectivity index (χ2n) is 5.56. The zero-order valence-corrected chi connectivity index (χ0v) is 11.7. The van der Waals surface area contributed by atoms with Crippen molar-refractivity contribution in [2.45, 2.75) is 52.1 Å². The van der Waals surface area contributed by atoms with Crippen molar-refractivity contribution in [1.82, 2.24) is 9.80 Å². The van der Waals surface area contributed by atoms with E-state index < -0.39 is 12.0 Å². The van der Waals surface area contributed by atoms with Crippen molar-refractivity contribution in [3.8, 4) is 0 Å². The van der Waals surface area contributed by atoms with E-state index in [2.05, 4.69) is 13.8 Å². The summed E-state index contributed by atoms with van der Waals surface area (Å²) in [5.41, 5.74) is 0. The molecule has 0 aromatic rings. The van der Waals surface area contributed by atoms with Gasteiger partial charge in [-0.15, -0.1) is 0 Å². The van der Waals surface area contributed by atoms with Crippen LogP contribution in [0.25, 0.3) is 0 Å².